The second-order valence-electron chi connectivity index (χ2n) is 3.51. The number of nitrogens with zero attached hydrogens (tertiary/aromatic N) is 2. The van der Waals surface area contributed by atoms with Crippen LogP contribution in [0.15, 0.2) is 0 Å². The van der Waals surface area contributed by atoms with E-state index in [0.717, 1.165) is 12.8 Å². The van der Waals surface area contributed by atoms with Crippen molar-refractivity contribution in [3.8, 4) is 6.07 Å². The Bertz CT molecular complexity index is 314. The molecule has 1 saturated carbocycles. The van der Waals surface area contributed by atoms with E-state index in [1.54, 1.807) is 13.1 Å². The van der Waals surface area contributed by atoms with Gasteiger partial charge in [-0.25, -0.2) is 12.7 Å². The van der Waals surface area contributed by atoms with Crippen LogP contribution >= 0.6 is 0 Å². The largest absolute Gasteiger partial charge is 0.227 e. The van der Waals surface area contributed by atoms with Gasteiger partial charge < -0.3 is 0 Å². The fourth-order valence-electron chi connectivity index (χ4n) is 1.31. The van der Waals surface area contributed by atoms with Gasteiger partial charge in [0.15, 0.2) is 5.75 Å². The third kappa shape index (κ3) is 2.42. The molecule has 13 heavy (non-hydrogen) atoms. The standard InChI is InChI=1S/C8H14N2O2S/c1-7(8-3-4-8)10(2)13(11,12)6-5-9/h7-8H,3-4,6H2,1-2H3. The summed E-state index contributed by atoms with van der Waals surface area (Å²) in [5.41, 5.74) is 0. The van der Waals surface area contributed by atoms with Crippen LogP contribution in [0, 0.1) is 17.2 Å². The fraction of sp³-hybridized carbons (Fsp3) is 0.875. The number of hydrogen-bond donors (Lipinski definition) is 0. The minimum Gasteiger partial charge on any atom is -0.211 e. The Hall–Kier alpha value is -0.600. The summed E-state index contributed by atoms with van der Waals surface area (Å²) < 4.78 is 24.1. The average Bonchev–Trinajstić information content (AvgIpc) is 2.84. The normalized spacial score (nSPS) is 19.8. The highest BCUT2D eigenvalue weighted by Gasteiger charge is 2.34. The van der Waals surface area contributed by atoms with Crippen molar-refractivity contribution in [1.29, 1.82) is 5.26 Å². The molecule has 4 nitrogen and oxygen atoms in total. The van der Waals surface area contributed by atoms with Gasteiger partial charge >= 0.3 is 0 Å². The van der Waals surface area contributed by atoms with Crippen molar-refractivity contribution in [3.63, 3.8) is 0 Å². The lowest BCUT2D eigenvalue weighted by Gasteiger charge is -2.22. The van der Waals surface area contributed by atoms with Gasteiger partial charge in [0.25, 0.3) is 0 Å². The summed E-state index contributed by atoms with van der Waals surface area (Å²) in [6.45, 7) is 1.90. The smallest absolute Gasteiger partial charge is 0.211 e. The predicted octanol–water partition coefficient (Wildman–Crippen LogP) is 0.570. The predicted molar refractivity (Wildman–Crippen MR) is 49.3 cm³/mol. The molecule has 0 amide bonds. The molecule has 74 valence electrons. The van der Waals surface area contributed by atoms with Gasteiger partial charge in [0, 0.05) is 13.1 Å². The van der Waals surface area contributed by atoms with Crippen molar-refractivity contribution < 1.29 is 8.42 Å². The van der Waals surface area contributed by atoms with Crippen LogP contribution in [0.5, 0.6) is 0 Å². The zero-order valence-corrected chi connectivity index (χ0v) is 8.71. The van der Waals surface area contributed by atoms with E-state index in [4.69, 9.17) is 5.26 Å². The highest BCUT2D eigenvalue weighted by molar-refractivity contribution is 7.89. The first-order valence-corrected chi connectivity index (χ1v) is 5.92. The molecule has 1 rings (SSSR count). The highest BCUT2D eigenvalue weighted by Crippen LogP contribution is 2.35. The maximum absolute atomic E-state index is 11.4. The summed E-state index contributed by atoms with van der Waals surface area (Å²) in [4.78, 5) is 0. The van der Waals surface area contributed by atoms with Gasteiger partial charge in [-0.2, -0.15) is 5.26 Å². The Labute approximate surface area is 79.2 Å². The first kappa shape index (κ1) is 10.5. The van der Waals surface area contributed by atoms with E-state index in [0.29, 0.717) is 5.92 Å². The van der Waals surface area contributed by atoms with E-state index >= 15 is 0 Å². The summed E-state index contributed by atoms with van der Waals surface area (Å²) in [6.07, 6.45) is 2.21. The molecule has 0 N–H and O–H groups in total. The van der Waals surface area contributed by atoms with Crippen molar-refractivity contribution in [1.82, 2.24) is 4.31 Å². The lowest BCUT2D eigenvalue weighted by molar-refractivity contribution is 0.358. The van der Waals surface area contributed by atoms with E-state index in [-0.39, 0.29) is 6.04 Å². The molecule has 1 fully saturated rings. The molecular weight excluding hydrogens is 188 g/mol. The van der Waals surface area contributed by atoms with Crippen LogP contribution in [-0.4, -0.2) is 31.6 Å². The maximum Gasteiger partial charge on any atom is 0.227 e. The summed E-state index contributed by atoms with van der Waals surface area (Å²) in [6, 6.07) is 1.71. The SMILES string of the molecule is CC(C1CC1)N(C)S(=O)(=O)CC#N. The fourth-order valence-corrected chi connectivity index (χ4v) is 2.36. The third-order valence-corrected chi connectivity index (χ3v) is 4.27. The Morgan fingerprint density at radius 2 is 2.15 bits per heavy atom. The van der Waals surface area contributed by atoms with E-state index < -0.39 is 15.8 Å². The monoisotopic (exact) mass is 202 g/mol. The topological polar surface area (TPSA) is 61.2 Å². The molecule has 0 aromatic heterocycles. The number of sulfonamides is 1. The van der Waals surface area contributed by atoms with Crippen molar-refractivity contribution >= 4 is 10.0 Å². The van der Waals surface area contributed by atoms with Gasteiger partial charge in [0.05, 0.1) is 6.07 Å². The van der Waals surface area contributed by atoms with Crippen LogP contribution < -0.4 is 0 Å². The van der Waals surface area contributed by atoms with Crippen LogP contribution in [0.4, 0.5) is 0 Å². The number of hydrogen-bond acceptors (Lipinski definition) is 3. The minimum absolute atomic E-state index is 0.0401. The van der Waals surface area contributed by atoms with Crippen LogP contribution in [0.3, 0.4) is 0 Å². The van der Waals surface area contributed by atoms with Crippen LogP contribution in [0.1, 0.15) is 19.8 Å². The molecule has 0 bridgehead atoms. The Balaban J connectivity index is 2.65. The first-order valence-electron chi connectivity index (χ1n) is 4.31. The Morgan fingerprint density at radius 3 is 2.54 bits per heavy atom. The molecule has 5 heteroatoms. The zero-order chi connectivity index (χ0) is 10.1. The molecule has 0 spiro atoms. The van der Waals surface area contributed by atoms with Gasteiger partial charge in [-0.05, 0) is 25.7 Å². The second kappa shape index (κ2) is 3.64. The van der Waals surface area contributed by atoms with Gasteiger partial charge in [0.1, 0.15) is 0 Å². The van der Waals surface area contributed by atoms with Crippen LogP contribution in [0.25, 0.3) is 0 Å². The van der Waals surface area contributed by atoms with E-state index in [9.17, 15) is 8.42 Å². The first-order chi connectivity index (χ1) is 5.99. The highest BCUT2D eigenvalue weighted by atomic mass is 32.2. The summed E-state index contributed by atoms with van der Waals surface area (Å²) in [5.74, 6) is 0.0825. The molecule has 0 aromatic carbocycles. The van der Waals surface area contributed by atoms with Gasteiger partial charge in [0.2, 0.25) is 10.0 Å². The minimum atomic E-state index is -3.34. The van der Waals surface area contributed by atoms with Crippen molar-refractivity contribution in [2.75, 3.05) is 12.8 Å². The van der Waals surface area contributed by atoms with Gasteiger partial charge in [-0.1, -0.05) is 0 Å². The molecule has 1 atom stereocenters. The molecule has 0 radical (unpaired) electrons. The molecular formula is C8H14N2O2S. The molecule has 1 aliphatic rings. The molecule has 0 saturated heterocycles. The molecule has 1 aliphatic carbocycles. The summed E-state index contributed by atoms with van der Waals surface area (Å²) in [7, 11) is -1.79. The molecule has 1 unspecified atom stereocenters. The Kier molecular flexibility index (Phi) is 2.94. The van der Waals surface area contributed by atoms with E-state index in [1.807, 2.05) is 6.92 Å². The van der Waals surface area contributed by atoms with Gasteiger partial charge in [-0.3, -0.25) is 0 Å². The van der Waals surface area contributed by atoms with Crippen LogP contribution in [-0.2, 0) is 10.0 Å². The summed E-state index contributed by atoms with van der Waals surface area (Å²) >= 11 is 0. The van der Waals surface area contributed by atoms with Crippen molar-refractivity contribution in [2.24, 2.45) is 5.92 Å². The number of nitriles is 1. The van der Waals surface area contributed by atoms with Gasteiger partial charge in [-0.15, -0.1) is 0 Å². The summed E-state index contributed by atoms with van der Waals surface area (Å²) in [5, 5.41) is 8.33. The van der Waals surface area contributed by atoms with Crippen LogP contribution in [0.2, 0.25) is 0 Å². The van der Waals surface area contributed by atoms with Crippen molar-refractivity contribution in [2.45, 2.75) is 25.8 Å². The average molecular weight is 202 g/mol. The Morgan fingerprint density at radius 1 is 1.62 bits per heavy atom. The zero-order valence-electron chi connectivity index (χ0n) is 7.90. The third-order valence-electron chi connectivity index (χ3n) is 2.56. The van der Waals surface area contributed by atoms with E-state index in [2.05, 4.69) is 0 Å². The molecule has 0 heterocycles. The maximum atomic E-state index is 11.4. The lowest BCUT2D eigenvalue weighted by Crippen LogP contribution is -2.37. The van der Waals surface area contributed by atoms with Crippen molar-refractivity contribution in [3.05, 3.63) is 0 Å². The number of rotatable bonds is 4. The molecule has 0 aromatic rings. The lowest BCUT2D eigenvalue weighted by atomic mass is 10.2. The second-order valence-corrected chi connectivity index (χ2v) is 5.54. The van der Waals surface area contributed by atoms with E-state index in [1.165, 1.54) is 4.31 Å². The quantitative estimate of drug-likeness (QED) is 0.669. The molecule has 0 aliphatic heterocycles.